The number of phenolic OH excluding ortho intramolecular Hbond substituents is 1. The van der Waals surface area contributed by atoms with Crippen molar-refractivity contribution in [2.45, 2.75) is 12.5 Å². The molecule has 0 aliphatic rings. The molecule has 0 amide bonds. The molecule has 6 heteroatoms. The molecule has 1 rings (SSSR count). The van der Waals surface area contributed by atoms with Gasteiger partial charge in [-0.25, -0.2) is 8.78 Å². The zero-order chi connectivity index (χ0) is 10.9. The van der Waals surface area contributed by atoms with Crippen LogP contribution in [0.4, 0.5) is 8.78 Å². The zero-order valence-corrected chi connectivity index (χ0v) is 9.19. The van der Waals surface area contributed by atoms with Gasteiger partial charge >= 0.3 is 0 Å². The lowest BCUT2D eigenvalue weighted by Crippen LogP contribution is -2.19. The van der Waals surface area contributed by atoms with E-state index in [0.29, 0.717) is 0 Å². The average Bonchev–Trinajstić information content (AvgIpc) is 2.09. The summed E-state index contributed by atoms with van der Waals surface area (Å²) in [7, 11) is 0. The lowest BCUT2D eigenvalue weighted by atomic mass is 10.1. The molecule has 0 radical (unpaired) electrons. The van der Waals surface area contributed by atoms with Crippen LogP contribution in [0.2, 0.25) is 5.02 Å². The number of hydrogen-bond donors (Lipinski definition) is 2. The molecule has 0 aromatic heterocycles. The molecule has 0 saturated carbocycles. The Balaban J connectivity index is 3.20. The van der Waals surface area contributed by atoms with Crippen LogP contribution >= 0.6 is 27.5 Å². The summed E-state index contributed by atoms with van der Waals surface area (Å²) in [6.45, 7) is 0. The van der Waals surface area contributed by atoms with E-state index >= 15 is 0 Å². The molecule has 0 saturated heterocycles. The summed E-state index contributed by atoms with van der Waals surface area (Å²) in [6, 6.07) is 1.09. The topological polar surface area (TPSA) is 46.2 Å². The van der Waals surface area contributed by atoms with Crippen molar-refractivity contribution in [1.82, 2.24) is 0 Å². The molecular weight excluding hydrogens is 279 g/mol. The van der Waals surface area contributed by atoms with Gasteiger partial charge in [0.15, 0.2) is 0 Å². The zero-order valence-electron chi connectivity index (χ0n) is 6.85. The lowest BCUT2D eigenvalue weighted by Gasteiger charge is -2.13. The van der Waals surface area contributed by atoms with Gasteiger partial charge in [0.1, 0.15) is 5.75 Å². The van der Waals surface area contributed by atoms with E-state index in [1.165, 1.54) is 12.1 Å². The molecular formula is C8H7BrClF2NO. The van der Waals surface area contributed by atoms with Crippen molar-refractivity contribution in [2.24, 2.45) is 5.73 Å². The Hall–Kier alpha value is -0.390. The number of phenols is 1. The Morgan fingerprint density at radius 2 is 2.00 bits per heavy atom. The fraction of sp³-hybridized carbons (Fsp3) is 0.250. The van der Waals surface area contributed by atoms with Crippen LogP contribution in [-0.2, 0) is 0 Å². The van der Waals surface area contributed by atoms with Crippen LogP contribution in [0.15, 0.2) is 16.6 Å². The number of halogens is 4. The van der Waals surface area contributed by atoms with Crippen LogP contribution in [0.5, 0.6) is 5.75 Å². The van der Waals surface area contributed by atoms with Gasteiger partial charge in [0, 0.05) is 10.6 Å². The summed E-state index contributed by atoms with van der Waals surface area (Å²) in [4.78, 5) is 0. The largest absolute Gasteiger partial charge is 0.506 e. The molecule has 78 valence electrons. The maximum Gasteiger partial charge on any atom is 0.257 e. The quantitative estimate of drug-likeness (QED) is 0.877. The van der Waals surface area contributed by atoms with E-state index in [0.717, 1.165) is 0 Å². The number of nitrogens with two attached hydrogens (primary N) is 1. The highest BCUT2D eigenvalue weighted by Crippen LogP contribution is 2.35. The van der Waals surface area contributed by atoms with Crippen LogP contribution in [0.1, 0.15) is 11.6 Å². The Morgan fingerprint density at radius 3 is 2.50 bits per heavy atom. The first-order valence-corrected chi connectivity index (χ1v) is 4.82. The van der Waals surface area contributed by atoms with Crippen molar-refractivity contribution in [3.63, 3.8) is 0 Å². The number of rotatable bonds is 2. The van der Waals surface area contributed by atoms with E-state index in [4.69, 9.17) is 17.3 Å². The minimum Gasteiger partial charge on any atom is -0.506 e. The van der Waals surface area contributed by atoms with Gasteiger partial charge in [0.2, 0.25) is 0 Å². The molecule has 2 nitrogen and oxygen atoms in total. The number of aromatic hydroxyl groups is 1. The van der Waals surface area contributed by atoms with E-state index < -0.39 is 12.5 Å². The van der Waals surface area contributed by atoms with Crippen molar-refractivity contribution < 1.29 is 13.9 Å². The monoisotopic (exact) mass is 285 g/mol. The predicted octanol–water partition coefficient (Wildman–Crippen LogP) is 3.07. The minimum atomic E-state index is -2.74. The summed E-state index contributed by atoms with van der Waals surface area (Å²) >= 11 is 8.61. The molecule has 0 unspecified atom stereocenters. The molecule has 0 spiro atoms. The standard InChI is InChI=1S/C8H7BrClF2NO/c9-5-2-3(10)1-4(7(5)14)6(13)8(11)12/h1-2,6,8,14H,13H2/t6-/m1/s1. The maximum absolute atomic E-state index is 12.3. The molecule has 3 N–H and O–H groups in total. The molecule has 14 heavy (non-hydrogen) atoms. The third-order valence-corrected chi connectivity index (χ3v) is 2.51. The molecule has 0 heterocycles. The maximum atomic E-state index is 12.3. The minimum absolute atomic E-state index is 0.0700. The summed E-state index contributed by atoms with van der Waals surface area (Å²) < 4.78 is 24.8. The first kappa shape index (κ1) is 11.7. The predicted molar refractivity (Wildman–Crippen MR) is 53.7 cm³/mol. The van der Waals surface area contributed by atoms with Crippen molar-refractivity contribution >= 4 is 27.5 Å². The van der Waals surface area contributed by atoms with Gasteiger partial charge < -0.3 is 10.8 Å². The molecule has 0 bridgehead atoms. The first-order valence-electron chi connectivity index (χ1n) is 3.65. The van der Waals surface area contributed by atoms with Gasteiger partial charge in [-0.15, -0.1) is 0 Å². The third-order valence-electron chi connectivity index (χ3n) is 1.69. The fourth-order valence-electron chi connectivity index (χ4n) is 0.976. The van der Waals surface area contributed by atoms with E-state index in [2.05, 4.69) is 15.9 Å². The van der Waals surface area contributed by atoms with Crippen molar-refractivity contribution in [2.75, 3.05) is 0 Å². The highest BCUT2D eigenvalue weighted by molar-refractivity contribution is 9.10. The van der Waals surface area contributed by atoms with Gasteiger partial charge in [-0.3, -0.25) is 0 Å². The summed E-state index contributed by atoms with van der Waals surface area (Å²) in [5.41, 5.74) is 5.12. The third kappa shape index (κ3) is 2.34. The second kappa shape index (κ2) is 4.42. The summed E-state index contributed by atoms with van der Waals surface area (Å²) in [5, 5.41) is 9.66. The molecule has 1 atom stereocenters. The number of benzene rings is 1. The van der Waals surface area contributed by atoms with E-state index in [-0.39, 0.29) is 20.8 Å². The Kier molecular flexibility index (Phi) is 3.69. The van der Waals surface area contributed by atoms with Gasteiger partial charge in [-0.05, 0) is 28.1 Å². The highest BCUT2D eigenvalue weighted by atomic mass is 79.9. The molecule has 0 aliphatic carbocycles. The fourth-order valence-corrected chi connectivity index (χ4v) is 1.81. The summed E-state index contributed by atoms with van der Waals surface area (Å²) in [6.07, 6.45) is -2.74. The van der Waals surface area contributed by atoms with Crippen molar-refractivity contribution in [3.05, 3.63) is 27.2 Å². The number of hydrogen-bond acceptors (Lipinski definition) is 2. The van der Waals surface area contributed by atoms with Gasteiger partial charge in [-0.1, -0.05) is 11.6 Å². The molecule has 0 aliphatic heterocycles. The number of alkyl halides is 2. The molecule has 0 fully saturated rings. The van der Waals surface area contributed by atoms with Gasteiger partial charge in [-0.2, -0.15) is 0 Å². The second-order valence-corrected chi connectivity index (χ2v) is 3.98. The molecule has 1 aromatic carbocycles. The molecule has 1 aromatic rings. The normalized spacial score (nSPS) is 13.3. The Bertz CT molecular complexity index is 348. The van der Waals surface area contributed by atoms with Gasteiger partial charge in [0.05, 0.1) is 10.5 Å². The SMILES string of the molecule is N[C@H](c1cc(Cl)cc(Br)c1O)C(F)F. The summed E-state index contributed by atoms with van der Waals surface area (Å²) in [5.74, 6) is -0.304. The van der Waals surface area contributed by atoms with Crippen LogP contribution in [0.3, 0.4) is 0 Å². The second-order valence-electron chi connectivity index (χ2n) is 2.69. The lowest BCUT2D eigenvalue weighted by molar-refractivity contribution is 0.115. The Labute approximate surface area is 92.8 Å². The average molecular weight is 287 g/mol. The van der Waals surface area contributed by atoms with E-state index in [9.17, 15) is 13.9 Å². The van der Waals surface area contributed by atoms with Crippen LogP contribution in [0.25, 0.3) is 0 Å². The first-order chi connectivity index (χ1) is 6.43. The van der Waals surface area contributed by atoms with Crippen LogP contribution < -0.4 is 5.73 Å². The smallest absolute Gasteiger partial charge is 0.257 e. The van der Waals surface area contributed by atoms with Crippen molar-refractivity contribution in [3.8, 4) is 5.75 Å². The highest BCUT2D eigenvalue weighted by Gasteiger charge is 2.22. The van der Waals surface area contributed by atoms with Crippen molar-refractivity contribution in [1.29, 1.82) is 0 Å². The Morgan fingerprint density at radius 1 is 1.43 bits per heavy atom. The van der Waals surface area contributed by atoms with Crippen LogP contribution in [0, 0.1) is 0 Å². The van der Waals surface area contributed by atoms with E-state index in [1.807, 2.05) is 0 Å². The van der Waals surface area contributed by atoms with Crippen LogP contribution in [-0.4, -0.2) is 11.5 Å². The van der Waals surface area contributed by atoms with Gasteiger partial charge in [0.25, 0.3) is 6.43 Å². The van der Waals surface area contributed by atoms with E-state index in [1.54, 1.807) is 0 Å².